The average molecular weight is 287 g/mol. The molecule has 6 heteroatoms. The first-order valence-electron chi connectivity index (χ1n) is 6.06. The van der Waals surface area contributed by atoms with Crippen LogP contribution in [0.25, 0.3) is 0 Å². The van der Waals surface area contributed by atoms with Crippen molar-refractivity contribution < 1.29 is 24.9 Å². The molecule has 0 atom stereocenters. The summed E-state index contributed by atoms with van der Waals surface area (Å²) in [5.41, 5.74) is 0.903. The molecule has 0 fully saturated rings. The number of phenolic OH excluding ortho intramolecular Hbond substituents is 1. The summed E-state index contributed by atoms with van der Waals surface area (Å²) in [7, 11) is 0. The summed E-state index contributed by atoms with van der Waals surface area (Å²) in [6, 6.07) is 8.08. The van der Waals surface area contributed by atoms with Crippen molar-refractivity contribution in [3.05, 3.63) is 53.1 Å². The maximum atomic E-state index is 12.1. The number of aromatic carboxylic acids is 1. The van der Waals surface area contributed by atoms with Gasteiger partial charge in [-0.2, -0.15) is 0 Å². The highest BCUT2D eigenvalue weighted by atomic mass is 16.4. The second-order valence-electron chi connectivity index (χ2n) is 4.49. The second-order valence-corrected chi connectivity index (χ2v) is 4.49. The summed E-state index contributed by atoms with van der Waals surface area (Å²) in [5, 5.41) is 30.2. The molecule has 108 valence electrons. The lowest BCUT2D eigenvalue weighted by atomic mass is 10.1. The van der Waals surface area contributed by atoms with E-state index in [4.69, 9.17) is 5.11 Å². The third kappa shape index (κ3) is 3.11. The molecule has 0 aliphatic heterocycles. The van der Waals surface area contributed by atoms with Crippen LogP contribution < -0.4 is 5.32 Å². The number of rotatable bonds is 3. The fourth-order valence-corrected chi connectivity index (χ4v) is 1.89. The summed E-state index contributed by atoms with van der Waals surface area (Å²) < 4.78 is 0. The third-order valence-corrected chi connectivity index (χ3v) is 2.94. The SMILES string of the molecule is Cc1cc(O)ccc1C(=O)Nc1ccc(O)c(C(=O)O)c1. The van der Waals surface area contributed by atoms with Crippen molar-refractivity contribution in [3.63, 3.8) is 0 Å². The maximum Gasteiger partial charge on any atom is 0.339 e. The Bertz CT molecular complexity index is 724. The van der Waals surface area contributed by atoms with Crippen LogP contribution in [0.5, 0.6) is 11.5 Å². The lowest BCUT2D eigenvalue weighted by Crippen LogP contribution is -2.13. The van der Waals surface area contributed by atoms with E-state index in [0.717, 1.165) is 0 Å². The standard InChI is InChI=1S/C15H13NO5/c1-8-6-10(17)3-4-11(8)14(19)16-9-2-5-13(18)12(7-9)15(20)21/h2-7,17-18H,1H3,(H,16,19)(H,20,21). The van der Waals surface area contributed by atoms with Crippen molar-refractivity contribution in [2.24, 2.45) is 0 Å². The van der Waals surface area contributed by atoms with Crippen LogP contribution in [0, 0.1) is 6.92 Å². The van der Waals surface area contributed by atoms with Crippen molar-refractivity contribution in [1.82, 2.24) is 0 Å². The number of aryl methyl sites for hydroxylation is 1. The van der Waals surface area contributed by atoms with Crippen LogP contribution in [0.15, 0.2) is 36.4 Å². The second kappa shape index (κ2) is 5.54. The van der Waals surface area contributed by atoms with E-state index in [1.807, 2.05) is 0 Å². The molecular weight excluding hydrogens is 274 g/mol. The van der Waals surface area contributed by atoms with Gasteiger partial charge in [-0.1, -0.05) is 0 Å². The van der Waals surface area contributed by atoms with E-state index in [1.165, 1.54) is 36.4 Å². The van der Waals surface area contributed by atoms with Crippen molar-refractivity contribution in [2.75, 3.05) is 5.32 Å². The van der Waals surface area contributed by atoms with Crippen molar-refractivity contribution in [3.8, 4) is 11.5 Å². The van der Waals surface area contributed by atoms with Gasteiger partial charge >= 0.3 is 5.97 Å². The topological polar surface area (TPSA) is 107 Å². The molecule has 21 heavy (non-hydrogen) atoms. The molecule has 0 aromatic heterocycles. The summed E-state index contributed by atoms with van der Waals surface area (Å²) in [6.45, 7) is 1.67. The van der Waals surface area contributed by atoms with E-state index in [2.05, 4.69) is 5.32 Å². The number of nitrogens with one attached hydrogen (secondary N) is 1. The highest BCUT2D eigenvalue weighted by Gasteiger charge is 2.13. The summed E-state index contributed by atoms with van der Waals surface area (Å²) >= 11 is 0. The molecule has 0 spiro atoms. The van der Waals surface area contributed by atoms with E-state index >= 15 is 0 Å². The normalized spacial score (nSPS) is 10.1. The van der Waals surface area contributed by atoms with Crippen LogP contribution in [0.4, 0.5) is 5.69 Å². The monoisotopic (exact) mass is 287 g/mol. The van der Waals surface area contributed by atoms with Crippen LogP contribution in [0.3, 0.4) is 0 Å². The molecule has 2 rings (SSSR count). The lowest BCUT2D eigenvalue weighted by molar-refractivity contribution is 0.0693. The Kier molecular flexibility index (Phi) is 3.80. The highest BCUT2D eigenvalue weighted by molar-refractivity contribution is 6.06. The molecule has 0 aliphatic carbocycles. The fraction of sp³-hybridized carbons (Fsp3) is 0.0667. The Morgan fingerprint density at radius 1 is 1.00 bits per heavy atom. The first-order chi connectivity index (χ1) is 9.88. The minimum atomic E-state index is -1.29. The Balaban J connectivity index is 2.27. The molecule has 0 bridgehead atoms. The minimum absolute atomic E-state index is 0.0573. The van der Waals surface area contributed by atoms with Crippen molar-refractivity contribution in [1.29, 1.82) is 0 Å². The third-order valence-electron chi connectivity index (χ3n) is 2.94. The number of anilines is 1. The van der Waals surface area contributed by atoms with Gasteiger partial charge in [-0.05, 0) is 48.9 Å². The number of phenols is 2. The molecule has 2 aromatic rings. The Morgan fingerprint density at radius 2 is 1.71 bits per heavy atom. The van der Waals surface area contributed by atoms with E-state index in [-0.39, 0.29) is 22.7 Å². The predicted molar refractivity (Wildman–Crippen MR) is 75.9 cm³/mol. The molecule has 0 heterocycles. The van der Waals surface area contributed by atoms with Gasteiger partial charge in [0.25, 0.3) is 5.91 Å². The summed E-state index contributed by atoms with van der Waals surface area (Å²) in [5.74, 6) is -2.04. The number of carbonyl (C=O) groups is 2. The largest absolute Gasteiger partial charge is 0.508 e. The molecule has 0 unspecified atom stereocenters. The molecular formula is C15H13NO5. The van der Waals surface area contributed by atoms with Gasteiger partial charge in [-0.15, -0.1) is 0 Å². The first kappa shape index (κ1) is 14.4. The van der Waals surface area contributed by atoms with Gasteiger partial charge in [-0.25, -0.2) is 4.79 Å². The van der Waals surface area contributed by atoms with E-state index < -0.39 is 11.9 Å². The van der Waals surface area contributed by atoms with E-state index in [1.54, 1.807) is 6.92 Å². The fourth-order valence-electron chi connectivity index (χ4n) is 1.89. The zero-order valence-electron chi connectivity index (χ0n) is 11.1. The Hall–Kier alpha value is -3.02. The molecule has 6 nitrogen and oxygen atoms in total. The van der Waals surface area contributed by atoms with Gasteiger partial charge in [-0.3, -0.25) is 4.79 Å². The molecule has 0 saturated carbocycles. The minimum Gasteiger partial charge on any atom is -0.508 e. The molecule has 0 radical (unpaired) electrons. The average Bonchev–Trinajstić information content (AvgIpc) is 2.40. The highest BCUT2D eigenvalue weighted by Crippen LogP contribution is 2.23. The number of carboxylic acid groups (broad SMARTS) is 1. The molecule has 4 N–H and O–H groups in total. The van der Waals surface area contributed by atoms with Crippen molar-refractivity contribution >= 4 is 17.6 Å². The Morgan fingerprint density at radius 3 is 2.33 bits per heavy atom. The number of hydrogen-bond donors (Lipinski definition) is 4. The number of hydrogen-bond acceptors (Lipinski definition) is 4. The van der Waals surface area contributed by atoms with Gasteiger partial charge in [0, 0.05) is 11.3 Å². The Labute approximate surface area is 120 Å². The van der Waals surface area contributed by atoms with Crippen LogP contribution in [0.2, 0.25) is 0 Å². The van der Waals surface area contributed by atoms with Crippen LogP contribution >= 0.6 is 0 Å². The first-order valence-corrected chi connectivity index (χ1v) is 6.06. The smallest absolute Gasteiger partial charge is 0.339 e. The number of carbonyl (C=O) groups excluding carboxylic acids is 1. The predicted octanol–water partition coefficient (Wildman–Crippen LogP) is 2.36. The number of aromatic hydroxyl groups is 2. The molecule has 2 aromatic carbocycles. The van der Waals surface area contributed by atoms with Crippen LogP contribution in [-0.2, 0) is 0 Å². The molecule has 0 aliphatic rings. The van der Waals surface area contributed by atoms with Gasteiger partial charge in [0.1, 0.15) is 17.1 Å². The molecule has 1 amide bonds. The zero-order valence-corrected chi connectivity index (χ0v) is 11.1. The van der Waals surface area contributed by atoms with Gasteiger partial charge in [0.05, 0.1) is 0 Å². The number of carboxylic acids is 1. The van der Waals surface area contributed by atoms with Gasteiger partial charge < -0.3 is 20.6 Å². The van der Waals surface area contributed by atoms with Gasteiger partial charge in [0.15, 0.2) is 0 Å². The number of amides is 1. The van der Waals surface area contributed by atoms with E-state index in [9.17, 15) is 19.8 Å². The summed E-state index contributed by atoms with van der Waals surface area (Å²) in [4.78, 5) is 23.0. The zero-order chi connectivity index (χ0) is 15.6. The van der Waals surface area contributed by atoms with Crippen LogP contribution in [-0.4, -0.2) is 27.2 Å². The van der Waals surface area contributed by atoms with E-state index in [0.29, 0.717) is 11.1 Å². The molecule has 0 saturated heterocycles. The van der Waals surface area contributed by atoms with Crippen LogP contribution in [0.1, 0.15) is 26.3 Å². The summed E-state index contributed by atoms with van der Waals surface area (Å²) in [6.07, 6.45) is 0. The quantitative estimate of drug-likeness (QED) is 0.648. The lowest BCUT2D eigenvalue weighted by Gasteiger charge is -2.09. The van der Waals surface area contributed by atoms with Crippen molar-refractivity contribution in [2.45, 2.75) is 6.92 Å². The van der Waals surface area contributed by atoms with Gasteiger partial charge in [0.2, 0.25) is 0 Å². The maximum absolute atomic E-state index is 12.1. The number of benzene rings is 2.